The van der Waals surface area contributed by atoms with Crippen LogP contribution in [0.4, 0.5) is 5.69 Å². The van der Waals surface area contributed by atoms with E-state index < -0.39 is 0 Å². The van der Waals surface area contributed by atoms with Crippen molar-refractivity contribution in [2.75, 3.05) is 11.9 Å². The molecule has 0 bridgehead atoms. The summed E-state index contributed by atoms with van der Waals surface area (Å²) in [6.45, 7) is 1.32. The van der Waals surface area contributed by atoms with Crippen molar-refractivity contribution in [1.82, 2.24) is 5.32 Å². The quantitative estimate of drug-likeness (QED) is 0.791. The lowest BCUT2D eigenvalue weighted by Gasteiger charge is -2.36. The van der Waals surface area contributed by atoms with E-state index in [1.807, 2.05) is 12.1 Å². The van der Waals surface area contributed by atoms with Crippen LogP contribution in [0.1, 0.15) is 44.1 Å². The van der Waals surface area contributed by atoms with Crippen molar-refractivity contribution in [3.8, 4) is 0 Å². The fraction of sp³-hybridized carbons (Fsp3) is 0.647. The Balaban J connectivity index is 1.66. The summed E-state index contributed by atoms with van der Waals surface area (Å²) in [6, 6.07) is 9.52. The molecule has 3 unspecified atom stereocenters. The maximum atomic E-state index is 9.11. The molecule has 0 aromatic heterocycles. The van der Waals surface area contributed by atoms with Crippen LogP contribution in [0.5, 0.6) is 0 Å². The number of anilines is 1. The zero-order chi connectivity index (χ0) is 13.8. The standard InChI is InChI=1S/C17H26N2O/c20-12-13-7-9-14(10-8-13)19-17-5-2-1-4-15(17)16-6-3-11-18-16/h7-10,15-20H,1-6,11-12H2. The third-order valence-corrected chi connectivity index (χ3v) is 4.92. The lowest BCUT2D eigenvalue weighted by atomic mass is 9.79. The van der Waals surface area contributed by atoms with Gasteiger partial charge >= 0.3 is 0 Å². The smallest absolute Gasteiger partial charge is 0.0681 e. The second kappa shape index (κ2) is 6.59. The molecule has 1 aromatic carbocycles. The van der Waals surface area contributed by atoms with E-state index >= 15 is 0 Å². The average Bonchev–Trinajstić information content (AvgIpc) is 3.03. The minimum atomic E-state index is 0.123. The number of hydrogen-bond donors (Lipinski definition) is 3. The van der Waals surface area contributed by atoms with Gasteiger partial charge in [-0.2, -0.15) is 0 Å². The van der Waals surface area contributed by atoms with Crippen LogP contribution in [-0.4, -0.2) is 23.7 Å². The van der Waals surface area contributed by atoms with Gasteiger partial charge in [0.1, 0.15) is 0 Å². The van der Waals surface area contributed by atoms with Crippen molar-refractivity contribution in [3.05, 3.63) is 29.8 Å². The van der Waals surface area contributed by atoms with Gasteiger partial charge in [-0.15, -0.1) is 0 Å². The van der Waals surface area contributed by atoms with Crippen molar-refractivity contribution in [1.29, 1.82) is 0 Å². The largest absolute Gasteiger partial charge is 0.392 e. The summed E-state index contributed by atoms with van der Waals surface area (Å²) in [5, 5.41) is 16.5. The Morgan fingerprint density at radius 3 is 2.55 bits per heavy atom. The first-order chi connectivity index (χ1) is 9.86. The monoisotopic (exact) mass is 274 g/mol. The molecule has 1 saturated carbocycles. The fourth-order valence-corrected chi connectivity index (χ4v) is 3.82. The van der Waals surface area contributed by atoms with E-state index in [2.05, 4.69) is 22.8 Å². The topological polar surface area (TPSA) is 44.3 Å². The molecule has 0 amide bonds. The number of aliphatic hydroxyl groups excluding tert-OH is 1. The van der Waals surface area contributed by atoms with Gasteiger partial charge in [-0.25, -0.2) is 0 Å². The maximum absolute atomic E-state index is 9.11. The number of hydrogen-bond acceptors (Lipinski definition) is 3. The second-order valence-corrected chi connectivity index (χ2v) is 6.26. The normalized spacial score (nSPS) is 30.4. The van der Waals surface area contributed by atoms with Crippen molar-refractivity contribution in [3.63, 3.8) is 0 Å². The Bertz CT molecular complexity index is 412. The first-order valence-electron chi connectivity index (χ1n) is 8.06. The molecule has 0 spiro atoms. The van der Waals surface area contributed by atoms with Gasteiger partial charge in [0, 0.05) is 17.8 Å². The molecule has 1 saturated heterocycles. The van der Waals surface area contributed by atoms with Crippen LogP contribution in [0.25, 0.3) is 0 Å². The molecule has 1 aromatic rings. The molecule has 1 aliphatic heterocycles. The van der Waals surface area contributed by atoms with Gasteiger partial charge in [-0.3, -0.25) is 0 Å². The third-order valence-electron chi connectivity index (χ3n) is 4.92. The summed E-state index contributed by atoms with van der Waals surface area (Å²) in [5.41, 5.74) is 2.17. The van der Waals surface area contributed by atoms with E-state index in [0.29, 0.717) is 12.1 Å². The first-order valence-corrected chi connectivity index (χ1v) is 8.06. The number of rotatable bonds is 4. The predicted octanol–water partition coefficient (Wildman–Crippen LogP) is 2.90. The third kappa shape index (κ3) is 3.15. The molecular weight excluding hydrogens is 248 g/mol. The summed E-state index contributed by atoms with van der Waals surface area (Å²) in [5.74, 6) is 0.767. The second-order valence-electron chi connectivity index (χ2n) is 6.26. The van der Waals surface area contributed by atoms with Gasteiger partial charge in [0.15, 0.2) is 0 Å². The molecule has 3 heteroatoms. The van der Waals surface area contributed by atoms with E-state index in [1.165, 1.54) is 50.8 Å². The molecule has 2 aliphatic rings. The van der Waals surface area contributed by atoms with Crippen molar-refractivity contribution >= 4 is 5.69 Å². The van der Waals surface area contributed by atoms with Crippen LogP contribution in [0.15, 0.2) is 24.3 Å². The van der Waals surface area contributed by atoms with Crippen molar-refractivity contribution in [2.24, 2.45) is 5.92 Å². The molecule has 2 fully saturated rings. The highest BCUT2D eigenvalue weighted by Gasteiger charge is 2.33. The Hall–Kier alpha value is -1.06. The molecule has 20 heavy (non-hydrogen) atoms. The van der Waals surface area contributed by atoms with Gasteiger partial charge in [-0.05, 0) is 55.8 Å². The highest BCUT2D eigenvalue weighted by Crippen LogP contribution is 2.32. The van der Waals surface area contributed by atoms with Gasteiger partial charge in [0.05, 0.1) is 6.61 Å². The fourth-order valence-electron chi connectivity index (χ4n) is 3.82. The Morgan fingerprint density at radius 2 is 1.85 bits per heavy atom. The Morgan fingerprint density at radius 1 is 1.05 bits per heavy atom. The molecule has 3 atom stereocenters. The van der Waals surface area contributed by atoms with Gasteiger partial charge in [-0.1, -0.05) is 25.0 Å². The number of benzene rings is 1. The molecule has 0 radical (unpaired) electrons. The summed E-state index contributed by atoms with van der Waals surface area (Å²) in [6.07, 6.45) is 8.03. The highest BCUT2D eigenvalue weighted by molar-refractivity contribution is 5.45. The summed E-state index contributed by atoms with van der Waals surface area (Å²) in [4.78, 5) is 0. The maximum Gasteiger partial charge on any atom is 0.0681 e. The van der Waals surface area contributed by atoms with Gasteiger partial charge in [0.2, 0.25) is 0 Å². The molecule has 3 nitrogen and oxygen atoms in total. The SMILES string of the molecule is OCc1ccc(NC2CCCCC2C2CCCN2)cc1. The predicted molar refractivity (Wildman–Crippen MR) is 82.8 cm³/mol. The minimum absolute atomic E-state index is 0.123. The summed E-state index contributed by atoms with van der Waals surface area (Å²) in [7, 11) is 0. The number of aliphatic hydroxyl groups is 1. The van der Waals surface area contributed by atoms with Crippen LogP contribution in [0, 0.1) is 5.92 Å². The molecule has 3 rings (SSSR count). The lowest BCUT2D eigenvalue weighted by molar-refractivity contribution is 0.262. The molecular formula is C17H26N2O. The summed E-state index contributed by atoms with van der Waals surface area (Å²) < 4.78 is 0. The molecule has 1 heterocycles. The minimum Gasteiger partial charge on any atom is -0.392 e. The first kappa shape index (κ1) is 13.9. The Labute approximate surface area is 121 Å². The van der Waals surface area contributed by atoms with Crippen LogP contribution < -0.4 is 10.6 Å². The van der Waals surface area contributed by atoms with Crippen molar-refractivity contribution in [2.45, 2.75) is 57.2 Å². The number of nitrogens with one attached hydrogen (secondary N) is 2. The molecule has 1 aliphatic carbocycles. The van der Waals surface area contributed by atoms with E-state index in [9.17, 15) is 0 Å². The zero-order valence-electron chi connectivity index (χ0n) is 12.1. The Kier molecular flexibility index (Phi) is 4.58. The van der Waals surface area contributed by atoms with Gasteiger partial charge in [0.25, 0.3) is 0 Å². The highest BCUT2D eigenvalue weighted by atomic mass is 16.3. The van der Waals surface area contributed by atoms with E-state index in [4.69, 9.17) is 5.11 Å². The van der Waals surface area contributed by atoms with Gasteiger partial charge < -0.3 is 15.7 Å². The van der Waals surface area contributed by atoms with Crippen LogP contribution in [0.3, 0.4) is 0 Å². The van der Waals surface area contributed by atoms with Crippen LogP contribution in [0.2, 0.25) is 0 Å². The summed E-state index contributed by atoms with van der Waals surface area (Å²) >= 11 is 0. The van der Waals surface area contributed by atoms with Crippen LogP contribution >= 0.6 is 0 Å². The zero-order valence-corrected chi connectivity index (χ0v) is 12.1. The molecule has 110 valence electrons. The molecule has 3 N–H and O–H groups in total. The average molecular weight is 274 g/mol. The van der Waals surface area contributed by atoms with E-state index in [-0.39, 0.29) is 6.61 Å². The van der Waals surface area contributed by atoms with Crippen LogP contribution in [-0.2, 0) is 6.61 Å². The van der Waals surface area contributed by atoms with E-state index in [0.717, 1.165) is 11.5 Å². The lowest BCUT2D eigenvalue weighted by Crippen LogP contribution is -2.43. The van der Waals surface area contributed by atoms with E-state index in [1.54, 1.807) is 0 Å². The van der Waals surface area contributed by atoms with Crippen molar-refractivity contribution < 1.29 is 5.11 Å².